The number of ketones is 1. The summed E-state index contributed by atoms with van der Waals surface area (Å²) >= 11 is 0. The van der Waals surface area contributed by atoms with Gasteiger partial charge in [0.05, 0.1) is 29.5 Å². The van der Waals surface area contributed by atoms with E-state index in [1.807, 2.05) is 19.1 Å². The number of carbonyl (C=O) groups excluding carboxylic acids is 1. The highest BCUT2D eigenvalue weighted by Crippen LogP contribution is 2.26. The highest BCUT2D eigenvalue weighted by atomic mass is 16.3. The molecular formula is C17H19N3O3. The number of aromatic amines is 2. The fourth-order valence-electron chi connectivity index (χ4n) is 2.65. The van der Waals surface area contributed by atoms with E-state index < -0.39 is 0 Å². The Hall–Kier alpha value is -2.76. The van der Waals surface area contributed by atoms with Gasteiger partial charge in [0.15, 0.2) is 0 Å². The number of rotatable bonds is 6. The second-order valence-corrected chi connectivity index (χ2v) is 5.66. The molecule has 6 nitrogen and oxygen atoms in total. The van der Waals surface area contributed by atoms with Gasteiger partial charge >= 0.3 is 0 Å². The number of hydrogen-bond donors (Lipinski definition) is 3. The molecule has 6 heteroatoms. The van der Waals surface area contributed by atoms with E-state index in [1.165, 1.54) is 6.07 Å². The van der Waals surface area contributed by atoms with Crippen molar-refractivity contribution in [3.05, 3.63) is 51.8 Å². The second-order valence-electron chi connectivity index (χ2n) is 5.66. The molecule has 23 heavy (non-hydrogen) atoms. The number of anilines is 1. The van der Waals surface area contributed by atoms with Gasteiger partial charge in [-0.25, -0.2) is 0 Å². The molecule has 0 unspecified atom stereocenters. The van der Waals surface area contributed by atoms with Crippen LogP contribution in [-0.4, -0.2) is 15.8 Å². The van der Waals surface area contributed by atoms with E-state index >= 15 is 0 Å². The molecule has 120 valence electrons. The van der Waals surface area contributed by atoms with Crippen LogP contribution in [0, 0.1) is 6.92 Å². The molecule has 0 bridgehead atoms. The quantitative estimate of drug-likeness (QED) is 0.652. The van der Waals surface area contributed by atoms with Crippen LogP contribution in [0.1, 0.15) is 30.4 Å². The Labute approximate surface area is 132 Å². The van der Waals surface area contributed by atoms with Crippen LogP contribution < -0.4 is 10.9 Å². The third kappa shape index (κ3) is 3.21. The summed E-state index contributed by atoms with van der Waals surface area (Å²) in [5.74, 6) is 0.936. The van der Waals surface area contributed by atoms with Crippen LogP contribution in [0.15, 0.2) is 33.7 Å². The van der Waals surface area contributed by atoms with Crippen LogP contribution in [0.5, 0.6) is 0 Å². The molecule has 3 heterocycles. The highest BCUT2D eigenvalue weighted by Gasteiger charge is 2.13. The first kappa shape index (κ1) is 15.1. The smallest absolute Gasteiger partial charge is 0.250 e. The molecule has 3 rings (SSSR count). The predicted octanol–water partition coefficient (Wildman–Crippen LogP) is 2.89. The average molecular weight is 313 g/mol. The van der Waals surface area contributed by atoms with Gasteiger partial charge in [-0.3, -0.25) is 4.79 Å². The predicted molar refractivity (Wildman–Crippen MR) is 88.7 cm³/mol. The number of H-pyrrole nitrogens is 2. The summed E-state index contributed by atoms with van der Waals surface area (Å²) in [4.78, 5) is 29.3. The number of fused-ring (bicyclic) bond motifs is 1. The zero-order valence-electron chi connectivity index (χ0n) is 13.2. The molecule has 0 aliphatic rings. The van der Waals surface area contributed by atoms with Crippen molar-refractivity contribution in [2.24, 2.45) is 0 Å². The molecule has 0 fully saturated rings. The molecule has 0 saturated carbocycles. The lowest BCUT2D eigenvalue weighted by molar-refractivity contribution is -0.116. The van der Waals surface area contributed by atoms with Crippen molar-refractivity contribution in [2.45, 2.75) is 33.2 Å². The van der Waals surface area contributed by atoms with Crippen LogP contribution >= 0.6 is 0 Å². The molecule has 0 atom stereocenters. The molecule has 0 spiro atoms. The summed E-state index contributed by atoms with van der Waals surface area (Å²) in [6, 6.07) is 5.22. The average Bonchev–Trinajstić information content (AvgIpc) is 3.12. The molecule has 0 radical (unpaired) electrons. The van der Waals surface area contributed by atoms with Crippen LogP contribution in [0.4, 0.5) is 5.69 Å². The minimum atomic E-state index is -0.167. The van der Waals surface area contributed by atoms with E-state index in [9.17, 15) is 9.59 Å². The van der Waals surface area contributed by atoms with E-state index in [1.54, 1.807) is 13.2 Å². The van der Waals surface area contributed by atoms with Crippen molar-refractivity contribution < 1.29 is 9.21 Å². The first-order valence-electron chi connectivity index (χ1n) is 7.54. The van der Waals surface area contributed by atoms with E-state index in [4.69, 9.17) is 4.42 Å². The largest absolute Gasteiger partial charge is 0.467 e. The monoisotopic (exact) mass is 313 g/mol. The third-order valence-electron chi connectivity index (χ3n) is 3.91. The van der Waals surface area contributed by atoms with E-state index in [-0.39, 0.29) is 11.3 Å². The molecule has 0 saturated heterocycles. The van der Waals surface area contributed by atoms with Crippen LogP contribution in [-0.2, 0) is 17.8 Å². The lowest BCUT2D eigenvalue weighted by atomic mass is 10.1. The number of pyridine rings is 1. The maximum atomic E-state index is 11.9. The van der Waals surface area contributed by atoms with E-state index in [0.717, 1.165) is 33.7 Å². The minimum Gasteiger partial charge on any atom is -0.467 e. The Morgan fingerprint density at radius 2 is 2.13 bits per heavy atom. The number of furan rings is 1. The zero-order valence-corrected chi connectivity index (χ0v) is 13.2. The molecule has 3 aromatic heterocycles. The maximum Gasteiger partial charge on any atom is 0.250 e. The summed E-state index contributed by atoms with van der Waals surface area (Å²) in [6.45, 7) is 4.02. The number of hydrogen-bond acceptors (Lipinski definition) is 4. The highest BCUT2D eigenvalue weighted by molar-refractivity contribution is 5.91. The lowest BCUT2D eigenvalue weighted by Gasteiger charge is -2.05. The van der Waals surface area contributed by atoms with Crippen molar-refractivity contribution >= 4 is 22.5 Å². The van der Waals surface area contributed by atoms with Gasteiger partial charge in [0.1, 0.15) is 11.5 Å². The standard InChI is InChI=1S/C17H19N3O3/c1-10(21)5-6-13-11(2)16-17(19-13)14(8-15(22)20-16)18-9-12-4-3-7-23-12/h3-4,7-8,19H,5-6,9H2,1-2H3,(H2,18,20,22). The van der Waals surface area contributed by atoms with Gasteiger partial charge in [-0.2, -0.15) is 0 Å². The SMILES string of the molecule is CC(=O)CCc1[nH]c2c(NCc3ccco3)cc(=O)[nH]c2c1C. The van der Waals surface area contributed by atoms with E-state index in [2.05, 4.69) is 15.3 Å². The van der Waals surface area contributed by atoms with Gasteiger partial charge in [0, 0.05) is 18.2 Å². The van der Waals surface area contributed by atoms with Crippen molar-refractivity contribution in [1.29, 1.82) is 0 Å². The fourth-order valence-corrected chi connectivity index (χ4v) is 2.65. The lowest BCUT2D eigenvalue weighted by Crippen LogP contribution is -2.08. The van der Waals surface area contributed by atoms with Crippen molar-refractivity contribution in [3.63, 3.8) is 0 Å². The Balaban J connectivity index is 1.95. The second kappa shape index (κ2) is 6.16. The van der Waals surface area contributed by atoms with Gasteiger partial charge in [-0.05, 0) is 38.0 Å². The molecule has 0 aromatic carbocycles. The Morgan fingerprint density at radius 1 is 1.30 bits per heavy atom. The number of Topliss-reactive ketones (excluding diaryl/α,β-unsaturated/α-hetero) is 1. The number of nitrogens with one attached hydrogen (secondary N) is 3. The summed E-state index contributed by atoms with van der Waals surface area (Å²) < 4.78 is 5.30. The Morgan fingerprint density at radius 3 is 2.83 bits per heavy atom. The minimum absolute atomic E-state index is 0.146. The number of carbonyl (C=O) groups is 1. The van der Waals surface area contributed by atoms with Gasteiger partial charge in [-0.1, -0.05) is 0 Å². The Bertz CT molecular complexity index is 888. The van der Waals surface area contributed by atoms with Gasteiger partial charge < -0.3 is 24.5 Å². The van der Waals surface area contributed by atoms with Crippen molar-refractivity contribution in [1.82, 2.24) is 9.97 Å². The molecule has 0 aliphatic heterocycles. The number of aromatic nitrogens is 2. The van der Waals surface area contributed by atoms with Gasteiger partial charge in [0.2, 0.25) is 0 Å². The topological polar surface area (TPSA) is 90.9 Å². The zero-order chi connectivity index (χ0) is 16.4. The third-order valence-corrected chi connectivity index (χ3v) is 3.91. The number of aryl methyl sites for hydroxylation is 2. The molecule has 0 amide bonds. The Kier molecular flexibility index (Phi) is 4.06. The summed E-state index contributed by atoms with van der Waals surface area (Å²) in [6.07, 6.45) is 2.73. The molecule has 3 aromatic rings. The summed E-state index contributed by atoms with van der Waals surface area (Å²) in [5.41, 5.74) is 4.11. The summed E-state index contributed by atoms with van der Waals surface area (Å²) in [7, 11) is 0. The van der Waals surface area contributed by atoms with Crippen LogP contribution in [0.2, 0.25) is 0 Å². The molecule has 0 aliphatic carbocycles. The summed E-state index contributed by atoms with van der Waals surface area (Å²) in [5, 5.41) is 3.22. The molecule has 3 N–H and O–H groups in total. The first-order chi connectivity index (χ1) is 11.0. The van der Waals surface area contributed by atoms with E-state index in [0.29, 0.717) is 19.4 Å². The van der Waals surface area contributed by atoms with Crippen molar-refractivity contribution in [3.8, 4) is 0 Å². The van der Waals surface area contributed by atoms with Gasteiger partial charge in [0.25, 0.3) is 5.56 Å². The van der Waals surface area contributed by atoms with Crippen molar-refractivity contribution in [2.75, 3.05) is 5.32 Å². The van der Waals surface area contributed by atoms with Gasteiger partial charge in [-0.15, -0.1) is 0 Å². The normalized spacial score (nSPS) is 11.0. The maximum absolute atomic E-state index is 11.9. The first-order valence-corrected chi connectivity index (χ1v) is 7.54. The fraction of sp³-hybridized carbons (Fsp3) is 0.294. The van der Waals surface area contributed by atoms with Crippen LogP contribution in [0.3, 0.4) is 0 Å². The van der Waals surface area contributed by atoms with Crippen LogP contribution in [0.25, 0.3) is 11.0 Å². The molecular weight excluding hydrogens is 294 g/mol.